The molecule has 0 aliphatic heterocycles. The van der Waals surface area contributed by atoms with E-state index in [1.807, 2.05) is 6.92 Å². The van der Waals surface area contributed by atoms with Gasteiger partial charge < -0.3 is 4.74 Å². The van der Waals surface area contributed by atoms with E-state index in [0.29, 0.717) is 10.9 Å². The lowest BCUT2D eigenvalue weighted by Crippen LogP contribution is -1.96. The first kappa shape index (κ1) is 9.21. The van der Waals surface area contributed by atoms with Crippen LogP contribution in [0.4, 0.5) is 0 Å². The smallest absolute Gasteiger partial charge is 0.337 e. The number of hydrogen-bond donors (Lipinski definition) is 0. The molecule has 0 spiro atoms. The number of rotatable bonds is 2. The molecule has 14 heavy (non-hydrogen) atoms. The highest BCUT2D eigenvalue weighted by atomic mass is 35.5. The van der Waals surface area contributed by atoms with Crippen LogP contribution in [0.5, 0.6) is 6.01 Å². The van der Waals surface area contributed by atoms with E-state index in [-0.39, 0.29) is 6.01 Å². The lowest BCUT2D eigenvalue weighted by atomic mass is 10.3. The molecule has 0 saturated heterocycles. The fourth-order valence-corrected chi connectivity index (χ4v) is 1.37. The SMILES string of the molecule is CCc1cc(Cl)n2nc(OC)nc2n1. The number of aromatic nitrogens is 4. The monoisotopic (exact) mass is 212 g/mol. The van der Waals surface area contributed by atoms with Crippen molar-refractivity contribution in [2.24, 2.45) is 0 Å². The molecule has 2 rings (SSSR count). The Morgan fingerprint density at radius 1 is 1.50 bits per heavy atom. The number of halogens is 1. The van der Waals surface area contributed by atoms with Crippen LogP contribution < -0.4 is 4.74 Å². The summed E-state index contributed by atoms with van der Waals surface area (Å²) in [7, 11) is 1.50. The number of fused-ring (bicyclic) bond motifs is 1. The van der Waals surface area contributed by atoms with Crippen molar-refractivity contribution in [2.45, 2.75) is 13.3 Å². The first-order chi connectivity index (χ1) is 6.74. The molecule has 0 atom stereocenters. The number of nitrogens with zero attached hydrogens (tertiary/aromatic N) is 4. The summed E-state index contributed by atoms with van der Waals surface area (Å²) in [5, 5.41) is 4.48. The minimum atomic E-state index is 0.271. The quantitative estimate of drug-likeness (QED) is 0.706. The van der Waals surface area contributed by atoms with E-state index in [0.717, 1.165) is 12.1 Å². The Balaban J connectivity index is 2.67. The molecule has 5 nitrogen and oxygen atoms in total. The van der Waals surface area contributed by atoms with Crippen LogP contribution in [0, 0.1) is 0 Å². The minimum Gasteiger partial charge on any atom is -0.466 e. The molecule has 2 heterocycles. The molecule has 0 fully saturated rings. The lowest BCUT2D eigenvalue weighted by molar-refractivity contribution is 0.380. The Labute approximate surface area is 85.7 Å². The highest BCUT2D eigenvalue weighted by Gasteiger charge is 2.08. The van der Waals surface area contributed by atoms with Crippen LogP contribution >= 0.6 is 11.6 Å². The third-order valence-electron chi connectivity index (χ3n) is 1.85. The Kier molecular flexibility index (Phi) is 2.25. The Hall–Kier alpha value is -1.36. The maximum atomic E-state index is 5.98. The van der Waals surface area contributed by atoms with Crippen molar-refractivity contribution in [1.82, 2.24) is 19.6 Å². The van der Waals surface area contributed by atoms with Crippen molar-refractivity contribution < 1.29 is 4.74 Å². The van der Waals surface area contributed by atoms with E-state index < -0.39 is 0 Å². The molecule has 0 aliphatic carbocycles. The van der Waals surface area contributed by atoms with E-state index in [9.17, 15) is 0 Å². The van der Waals surface area contributed by atoms with Gasteiger partial charge in [-0.3, -0.25) is 0 Å². The molecule has 0 N–H and O–H groups in total. The Bertz CT molecular complexity index is 468. The largest absolute Gasteiger partial charge is 0.466 e. The van der Waals surface area contributed by atoms with Crippen molar-refractivity contribution in [2.75, 3.05) is 7.11 Å². The van der Waals surface area contributed by atoms with E-state index >= 15 is 0 Å². The van der Waals surface area contributed by atoms with Crippen LogP contribution in [0.15, 0.2) is 6.07 Å². The summed E-state index contributed by atoms with van der Waals surface area (Å²) >= 11 is 5.98. The molecule has 0 saturated carbocycles. The molecule has 0 aliphatic rings. The first-order valence-electron chi connectivity index (χ1n) is 4.20. The van der Waals surface area contributed by atoms with Gasteiger partial charge in [-0.15, -0.1) is 5.10 Å². The molecule has 2 aromatic heterocycles. The number of aryl methyl sites for hydroxylation is 1. The fourth-order valence-electron chi connectivity index (χ4n) is 1.13. The summed E-state index contributed by atoms with van der Waals surface area (Å²) in [5.74, 6) is 0.464. The van der Waals surface area contributed by atoms with Gasteiger partial charge in [0.2, 0.25) is 0 Å². The molecular formula is C8H9ClN4O. The van der Waals surface area contributed by atoms with Gasteiger partial charge in [-0.05, 0) is 12.5 Å². The van der Waals surface area contributed by atoms with Crippen LogP contribution in [0.25, 0.3) is 5.78 Å². The van der Waals surface area contributed by atoms with Gasteiger partial charge in [-0.2, -0.15) is 9.50 Å². The first-order valence-corrected chi connectivity index (χ1v) is 4.58. The summed E-state index contributed by atoms with van der Waals surface area (Å²) in [6.45, 7) is 2.00. The zero-order valence-electron chi connectivity index (χ0n) is 7.86. The highest BCUT2D eigenvalue weighted by Crippen LogP contribution is 2.14. The van der Waals surface area contributed by atoms with Crippen LogP contribution in [-0.4, -0.2) is 26.7 Å². The molecule has 0 amide bonds. The van der Waals surface area contributed by atoms with Gasteiger partial charge in [0.1, 0.15) is 5.15 Å². The summed E-state index contributed by atoms with van der Waals surface area (Å²) in [6.07, 6.45) is 0.811. The third-order valence-corrected chi connectivity index (χ3v) is 2.12. The average Bonchev–Trinajstić information content (AvgIpc) is 2.61. The number of methoxy groups -OCH3 is 1. The van der Waals surface area contributed by atoms with Crippen molar-refractivity contribution >= 4 is 17.4 Å². The van der Waals surface area contributed by atoms with E-state index in [4.69, 9.17) is 16.3 Å². The average molecular weight is 213 g/mol. The molecule has 0 bridgehead atoms. The van der Waals surface area contributed by atoms with Crippen LogP contribution in [0.3, 0.4) is 0 Å². The van der Waals surface area contributed by atoms with E-state index in [1.54, 1.807) is 6.07 Å². The molecule has 6 heteroatoms. The standard InChI is InChI=1S/C8H9ClN4O/c1-3-5-4-6(9)13-7(10-5)11-8(12-13)14-2/h4H,3H2,1-2H3. The molecule has 74 valence electrons. The third kappa shape index (κ3) is 1.39. The van der Waals surface area contributed by atoms with E-state index in [1.165, 1.54) is 11.6 Å². The zero-order chi connectivity index (χ0) is 10.1. The van der Waals surface area contributed by atoms with Gasteiger partial charge in [0.25, 0.3) is 5.78 Å². The molecule has 0 unspecified atom stereocenters. The van der Waals surface area contributed by atoms with Crippen molar-refractivity contribution in [3.8, 4) is 6.01 Å². The van der Waals surface area contributed by atoms with Gasteiger partial charge in [0, 0.05) is 5.69 Å². The summed E-state index contributed by atoms with van der Waals surface area (Å²) in [6, 6.07) is 2.04. The van der Waals surface area contributed by atoms with Crippen LogP contribution in [-0.2, 0) is 6.42 Å². The number of hydrogen-bond acceptors (Lipinski definition) is 4. The van der Waals surface area contributed by atoms with Crippen molar-refractivity contribution in [3.05, 3.63) is 16.9 Å². The normalized spacial score (nSPS) is 10.8. The van der Waals surface area contributed by atoms with E-state index in [2.05, 4.69) is 15.1 Å². The second-order valence-corrected chi connectivity index (χ2v) is 3.12. The van der Waals surface area contributed by atoms with Gasteiger partial charge in [-0.1, -0.05) is 18.5 Å². The summed E-state index contributed by atoms with van der Waals surface area (Å²) in [4.78, 5) is 8.28. The molecule has 2 aromatic rings. The van der Waals surface area contributed by atoms with Gasteiger partial charge in [-0.25, -0.2) is 4.98 Å². The molecule has 0 aromatic carbocycles. The predicted molar refractivity (Wildman–Crippen MR) is 51.7 cm³/mol. The van der Waals surface area contributed by atoms with Gasteiger partial charge in [0.05, 0.1) is 7.11 Å². The minimum absolute atomic E-state index is 0.271. The Morgan fingerprint density at radius 2 is 2.29 bits per heavy atom. The second-order valence-electron chi connectivity index (χ2n) is 2.73. The van der Waals surface area contributed by atoms with Crippen molar-refractivity contribution in [3.63, 3.8) is 0 Å². The molecular weight excluding hydrogens is 204 g/mol. The predicted octanol–water partition coefficient (Wildman–Crippen LogP) is 1.35. The topological polar surface area (TPSA) is 52.3 Å². The zero-order valence-corrected chi connectivity index (χ0v) is 8.62. The fraction of sp³-hybridized carbons (Fsp3) is 0.375. The van der Waals surface area contributed by atoms with Crippen molar-refractivity contribution in [1.29, 1.82) is 0 Å². The maximum absolute atomic E-state index is 5.98. The summed E-state index contributed by atoms with van der Waals surface area (Å²) < 4.78 is 6.33. The maximum Gasteiger partial charge on any atom is 0.337 e. The van der Waals surface area contributed by atoms with Gasteiger partial charge in [0.15, 0.2) is 0 Å². The molecule has 0 radical (unpaired) electrons. The second kappa shape index (κ2) is 3.42. The van der Waals surface area contributed by atoms with Gasteiger partial charge >= 0.3 is 6.01 Å². The Morgan fingerprint density at radius 3 is 2.93 bits per heavy atom. The highest BCUT2D eigenvalue weighted by molar-refractivity contribution is 6.29. The number of ether oxygens (including phenoxy) is 1. The van der Waals surface area contributed by atoms with Crippen LogP contribution in [0.2, 0.25) is 5.15 Å². The summed E-state index contributed by atoms with van der Waals surface area (Å²) in [5.41, 5.74) is 0.887. The lowest BCUT2D eigenvalue weighted by Gasteiger charge is -1.97. The van der Waals surface area contributed by atoms with Crippen LogP contribution in [0.1, 0.15) is 12.6 Å².